The van der Waals surface area contributed by atoms with Crippen molar-refractivity contribution in [2.24, 2.45) is 0 Å². The molecule has 0 radical (unpaired) electrons. The van der Waals surface area contributed by atoms with E-state index in [0.29, 0.717) is 23.9 Å². The number of rotatable bonds is 5. The monoisotopic (exact) mass is 250 g/mol. The van der Waals surface area contributed by atoms with E-state index in [9.17, 15) is 5.11 Å². The summed E-state index contributed by atoms with van der Waals surface area (Å²) < 4.78 is 11.7. The topological polar surface area (TPSA) is 82.3 Å². The smallest absolute Gasteiger partial charge is 0.241 e. The second-order valence-electron chi connectivity index (χ2n) is 3.41. The van der Waals surface area contributed by atoms with E-state index in [2.05, 4.69) is 15.1 Å². The Balaban J connectivity index is 2.35. The van der Waals surface area contributed by atoms with Crippen molar-refractivity contribution in [1.82, 2.24) is 19.7 Å². The first-order valence-corrected chi connectivity index (χ1v) is 5.46. The van der Waals surface area contributed by atoms with E-state index in [-0.39, 0.29) is 0 Å². The first kappa shape index (κ1) is 12.5. The third-order valence-electron chi connectivity index (χ3n) is 2.28. The Bertz CT molecular complexity index is 500. The maximum Gasteiger partial charge on any atom is 0.241 e. The number of aromatic nitrogens is 4. The van der Waals surface area contributed by atoms with Crippen LogP contribution < -0.4 is 4.74 Å². The third-order valence-corrected chi connectivity index (χ3v) is 2.28. The van der Waals surface area contributed by atoms with E-state index in [1.807, 2.05) is 0 Å². The summed E-state index contributed by atoms with van der Waals surface area (Å²) in [5, 5.41) is 14.0. The fraction of sp³-hybridized carbons (Fsp3) is 0.364. The zero-order valence-corrected chi connectivity index (χ0v) is 10.1. The van der Waals surface area contributed by atoms with Crippen LogP contribution in [-0.2, 0) is 4.74 Å². The van der Waals surface area contributed by atoms with Crippen molar-refractivity contribution in [2.45, 2.75) is 13.2 Å². The first-order valence-electron chi connectivity index (χ1n) is 5.46. The van der Waals surface area contributed by atoms with Gasteiger partial charge in [0, 0.05) is 25.2 Å². The average molecular weight is 250 g/mol. The summed E-state index contributed by atoms with van der Waals surface area (Å²) in [7, 11) is 1.48. The van der Waals surface area contributed by atoms with Gasteiger partial charge in [-0.1, -0.05) is 0 Å². The molecule has 0 saturated carbocycles. The molecule has 1 N–H and O–H groups in total. The molecule has 2 aromatic rings. The van der Waals surface area contributed by atoms with E-state index in [1.54, 1.807) is 31.7 Å². The van der Waals surface area contributed by atoms with Gasteiger partial charge in [0.15, 0.2) is 12.1 Å². The predicted octanol–water partition coefficient (Wildman–Crippen LogP) is 0.698. The van der Waals surface area contributed by atoms with Crippen molar-refractivity contribution >= 4 is 0 Å². The third kappa shape index (κ3) is 2.47. The van der Waals surface area contributed by atoms with Crippen molar-refractivity contribution in [1.29, 1.82) is 0 Å². The van der Waals surface area contributed by atoms with E-state index >= 15 is 0 Å². The lowest BCUT2D eigenvalue weighted by atomic mass is 10.3. The fourth-order valence-electron chi connectivity index (χ4n) is 1.47. The molecule has 0 fully saturated rings. The van der Waals surface area contributed by atoms with E-state index < -0.39 is 6.29 Å². The molecule has 96 valence electrons. The lowest BCUT2D eigenvalue weighted by molar-refractivity contribution is -0.0989. The Hall–Kier alpha value is -1.99. The summed E-state index contributed by atoms with van der Waals surface area (Å²) >= 11 is 0. The molecule has 0 aromatic carbocycles. The molecule has 0 aliphatic carbocycles. The molecule has 0 saturated heterocycles. The second kappa shape index (κ2) is 5.56. The Labute approximate surface area is 104 Å². The van der Waals surface area contributed by atoms with Gasteiger partial charge in [-0.05, 0) is 6.92 Å². The summed E-state index contributed by atoms with van der Waals surface area (Å²) in [5.74, 6) is 0.826. The molecule has 2 heterocycles. The largest absolute Gasteiger partial charge is 0.480 e. The highest BCUT2D eigenvalue weighted by Gasteiger charge is 2.18. The molecule has 0 aliphatic rings. The zero-order valence-electron chi connectivity index (χ0n) is 10.1. The van der Waals surface area contributed by atoms with Crippen molar-refractivity contribution < 1.29 is 14.6 Å². The van der Waals surface area contributed by atoms with Crippen LogP contribution in [0, 0.1) is 0 Å². The minimum Gasteiger partial charge on any atom is -0.480 e. The van der Waals surface area contributed by atoms with E-state index in [1.165, 1.54) is 11.8 Å². The maximum absolute atomic E-state index is 9.80. The summed E-state index contributed by atoms with van der Waals surface area (Å²) in [4.78, 5) is 8.05. The average Bonchev–Trinajstić information content (AvgIpc) is 2.84. The SMILES string of the molecule is CCOC(O)c1cn(-c2cnccn2)nc1OC. The summed E-state index contributed by atoms with van der Waals surface area (Å²) in [6.45, 7) is 2.18. The van der Waals surface area contributed by atoms with Gasteiger partial charge in [0.1, 0.15) is 0 Å². The molecular weight excluding hydrogens is 236 g/mol. The van der Waals surface area contributed by atoms with Crippen LogP contribution in [0.1, 0.15) is 18.8 Å². The lowest BCUT2D eigenvalue weighted by Crippen LogP contribution is -2.03. The summed E-state index contributed by atoms with van der Waals surface area (Å²) in [6, 6.07) is 0. The molecule has 0 aliphatic heterocycles. The standard InChI is InChI=1S/C11H14N4O3/c1-3-18-11(16)8-7-15(14-10(8)17-2)9-6-12-4-5-13-9/h4-7,11,16H,3H2,1-2H3. The Morgan fingerprint density at radius 1 is 1.44 bits per heavy atom. The molecule has 7 nitrogen and oxygen atoms in total. The summed E-state index contributed by atoms with van der Waals surface area (Å²) in [5.41, 5.74) is 0.449. The van der Waals surface area contributed by atoms with Crippen molar-refractivity contribution in [3.8, 4) is 11.7 Å². The quantitative estimate of drug-likeness (QED) is 0.786. The number of hydrogen-bond donors (Lipinski definition) is 1. The van der Waals surface area contributed by atoms with Gasteiger partial charge in [0.05, 0.1) is 18.9 Å². The van der Waals surface area contributed by atoms with Gasteiger partial charge in [0.2, 0.25) is 5.88 Å². The molecule has 7 heteroatoms. The van der Waals surface area contributed by atoms with Crippen LogP contribution in [0.4, 0.5) is 0 Å². The Kier molecular flexibility index (Phi) is 3.85. The van der Waals surface area contributed by atoms with E-state index in [0.717, 1.165) is 0 Å². The van der Waals surface area contributed by atoms with Gasteiger partial charge in [-0.2, -0.15) is 0 Å². The van der Waals surface area contributed by atoms with Crippen LogP contribution in [0.15, 0.2) is 24.8 Å². The van der Waals surface area contributed by atoms with Crippen LogP contribution in [0.3, 0.4) is 0 Å². The normalized spacial score (nSPS) is 12.4. The maximum atomic E-state index is 9.80. The number of aliphatic hydroxyl groups is 1. The van der Waals surface area contributed by atoms with Crippen LogP contribution in [0.5, 0.6) is 5.88 Å². The molecule has 18 heavy (non-hydrogen) atoms. The van der Waals surface area contributed by atoms with Crippen molar-refractivity contribution in [2.75, 3.05) is 13.7 Å². The molecule has 1 unspecified atom stereocenters. The second-order valence-corrected chi connectivity index (χ2v) is 3.41. The molecule has 0 bridgehead atoms. The van der Waals surface area contributed by atoms with Gasteiger partial charge in [-0.3, -0.25) is 4.98 Å². The highest BCUT2D eigenvalue weighted by Crippen LogP contribution is 2.25. The number of aliphatic hydroxyl groups excluding tert-OH is 1. The van der Waals surface area contributed by atoms with E-state index in [4.69, 9.17) is 9.47 Å². The molecular formula is C11H14N4O3. The molecule has 2 aromatic heterocycles. The molecule has 2 rings (SSSR count). The fourth-order valence-corrected chi connectivity index (χ4v) is 1.47. The van der Waals surface area contributed by atoms with Gasteiger partial charge in [-0.15, -0.1) is 5.10 Å². The predicted molar refractivity (Wildman–Crippen MR) is 62.3 cm³/mol. The van der Waals surface area contributed by atoms with Crippen LogP contribution >= 0.6 is 0 Å². The molecule has 1 atom stereocenters. The van der Waals surface area contributed by atoms with Crippen molar-refractivity contribution in [3.05, 3.63) is 30.4 Å². The van der Waals surface area contributed by atoms with Crippen LogP contribution in [0.25, 0.3) is 5.82 Å². The Morgan fingerprint density at radius 2 is 2.28 bits per heavy atom. The minimum atomic E-state index is -1.07. The highest BCUT2D eigenvalue weighted by atomic mass is 16.6. The van der Waals surface area contributed by atoms with Crippen molar-refractivity contribution in [3.63, 3.8) is 0 Å². The zero-order chi connectivity index (χ0) is 13.0. The highest BCUT2D eigenvalue weighted by molar-refractivity contribution is 5.29. The Morgan fingerprint density at radius 3 is 2.89 bits per heavy atom. The molecule has 0 spiro atoms. The first-order chi connectivity index (χ1) is 8.76. The van der Waals surface area contributed by atoms with Gasteiger partial charge in [-0.25, -0.2) is 9.67 Å². The van der Waals surface area contributed by atoms with Crippen LogP contribution in [0.2, 0.25) is 0 Å². The lowest BCUT2D eigenvalue weighted by Gasteiger charge is -2.08. The van der Waals surface area contributed by atoms with Crippen LogP contribution in [-0.4, -0.2) is 38.6 Å². The number of methoxy groups -OCH3 is 1. The van der Waals surface area contributed by atoms with Gasteiger partial charge >= 0.3 is 0 Å². The van der Waals surface area contributed by atoms with Gasteiger partial charge < -0.3 is 14.6 Å². The number of nitrogens with zero attached hydrogens (tertiary/aromatic N) is 4. The number of ether oxygens (including phenoxy) is 2. The number of hydrogen-bond acceptors (Lipinski definition) is 6. The molecule has 0 amide bonds. The van der Waals surface area contributed by atoms with Gasteiger partial charge in [0.25, 0.3) is 0 Å². The summed E-state index contributed by atoms with van der Waals surface area (Å²) in [6.07, 6.45) is 5.21. The minimum absolute atomic E-state index is 0.293.